The molecular formula is C6H12O3. The third-order valence-corrected chi connectivity index (χ3v) is 0.968. The van der Waals surface area contributed by atoms with Crippen LogP contribution in [0.1, 0.15) is 6.42 Å². The van der Waals surface area contributed by atoms with Crippen molar-refractivity contribution in [1.29, 1.82) is 0 Å². The number of aliphatic hydroxyl groups excluding tert-OH is 3. The molecule has 0 bridgehead atoms. The zero-order valence-electron chi connectivity index (χ0n) is 5.25. The molecule has 9 heavy (non-hydrogen) atoms. The number of hydrogen-bond donors (Lipinski definition) is 3. The first-order valence-electron chi connectivity index (χ1n) is 2.85. The van der Waals surface area contributed by atoms with Crippen LogP contribution in [0, 0.1) is 0 Å². The molecule has 0 amide bonds. The van der Waals surface area contributed by atoms with E-state index in [1.165, 1.54) is 0 Å². The minimum absolute atomic E-state index is 0.0590. The summed E-state index contributed by atoms with van der Waals surface area (Å²) in [6.45, 7) is -0.198. The SMILES string of the molecule is OCCC=C(CO)CO. The summed E-state index contributed by atoms with van der Waals surface area (Å²) in [5, 5.41) is 25.2. The van der Waals surface area contributed by atoms with E-state index < -0.39 is 0 Å². The Hall–Kier alpha value is -0.380. The maximum Gasteiger partial charge on any atom is 0.0663 e. The Kier molecular flexibility index (Phi) is 5.51. The highest BCUT2D eigenvalue weighted by atomic mass is 16.3. The van der Waals surface area contributed by atoms with Crippen LogP contribution >= 0.6 is 0 Å². The third kappa shape index (κ3) is 4.14. The van der Waals surface area contributed by atoms with Gasteiger partial charge in [-0.05, 0) is 12.0 Å². The largest absolute Gasteiger partial charge is 0.396 e. The monoisotopic (exact) mass is 132 g/mol. The number of aliphatic hydroxyl groups is 3. The van der Waals surface area contributed by atoms with E-state index >= 15 is 0 Å². The van der Waals surface area contributed by atoms with Gasteiger partial charge in [0.15, 0.2) is 0 Å². The summed E-state index contributed by atoms with van der Waals surface area (Å²) in [4.78, 5) is 0. The van der Waals surface area contributed by atoms with E-state index in [0.29, 0.717) is 12.0 Å². The lowest BCUT2D eigenvalue weighted by Crippen LogP contribution is -1.96. The van der Waals surface area contributed by atoms with Crippen LogP contribution in [0.2, 0.25) is 0 Å². The third-order valence-electron chi connectivity index (χ3n) is 0.968. The fraction of sp³-hybridized carbons (Fsp3) is 0.667. The van der Waals surface area contributed by atoms with Gasteiger partial charge in [0.25, 0.3) is 0 Å². The van der Waals surface area contributed by atoms with Gasteiger partial charge in [0.1, 0.15) is 0 Å². The standard InChI is InChI=1S/C6H12O3/c7-3-1-2-6(4-8)5-9/h2,7-9H,1,3-5H2. The van der Waals surface area contributed by atoms with Crippen molar-refractivity contribution in [3.05, 3.63) is 11.6 Å². The van der Waals surface area contributed by atoms with Crippen molar-refractivity contribution in [3.63, 3.8) is 0 Å². The molecule has 0 fully saturated rings. The molecule has 0 atom stereocenters. The van der Waals surface area contributed by atoms with Gasteiger partial charge in [-0.1, -0.05) is 6.08 Å². The van der Waals surface area contributed by atoms with Crippen LogP contribution in [0.5, 0.6) is 0 Å². The van der Waals surface area contributed by atoms with Gasteiger partial charge in [0.05, 0.1) is 13.2 Å². The first kappa shape index (κ1) is 8.62. The second kappa shape index (κ2) is 5.75. The minimum Gasteiger partial charge on any atom is -0.396 e. The molecule has 0 spiro atoms. The fourth-order valence-electron chi connectivity index (χ4n) is 0.448. The molecule has 3 N–H and O–H groups in total. The molecule has 0 saturated heterocycles. The van der Waals surface area contributed by atoms with Crippen molar-refractivity contribution in [3.8, 4) is 0 Å². The number of hydrogen-bond acceptors (Lipinski definition) is 3. The van der Waals surface area contributed by atoms with E-state index in [-0.39, 0.29) is 19.8 Å². The van der Waals surface area contributed by atoms with E-state index in [9.17, 15) is 0 Å². The molecule has 0 aliphatic rings. The Labute approximate surface area is 54.3 Å². The molecule has 0 heterocycles. The average Bonchev–Trinajstić information content (AvgIpc) is 1.91. The molecule has 0 radical (unpaired) electrons. The summed E-state index contributed by atoms with van der Waals surface area (Å²) >= 11 is 0. The van der Waals surface area contributed by atoms with Crippen LogP contribution in [0.3, 0.4) is 0 Å². The van der Waals surface area contributed by atoms with E-state index in [4.69, 9.17) is 15.3 Å². The molecule has 0 saturated carbocycles. The van der Waals surface area contributed by atoms with Crippen LogP contribution < -0.4 is 0 Å². The lowest BCUT2D eigenvalue weighted by Gasteiger charge is -1.95. The van der Waals surface area contributed by atoms with Crippen molar-refractivity contribution in [1.82, 2.24) is 0 Å². The summed E-state index contributed by atoms with van der Waals surface area (Å²) in [6, 6.07) is 0. The molecule has 54 valence electrons. The first-order valence-corrected chi connectivity index (χ1v) is 2.85. The summed E-state index contributed by atoms with van der Waals surface area (Å²) in [6.07, 6.45) is 2.12. The van der Waals surface area contributed by atoms with Gasteiger partial charge < -0.3 is 15.3 Å². The second-order valence-corrected chi connectivity index (χ2v) is 1.69. The van der Waals surface area contributed by atoms with Gasteiger partial charge in [-0.15, -0.1) is 0 Å². The Bertz CT molecular complexity index is 82.3. The summed E-state index contributed by atoms with van der Waals surface area (Å²) < 4.78 is 0. The molecule has 0 unspecified atom stereocenters. The Balaban J connectivity index is 3.48. The van der Waals surface area contributed by atoms with Gasteiger partial charge in [-0.25, -0.2) is 0 Å². The normalized spacial score (nSPS) is 9.22. The zero-order valence-corrected chi connectivity index (χ0v) is 5.25. The highest BCUT2D eigenvalue weighted by molar-refractivity contribution is 5.01. The lowest BCUT2D eigenvalue weighted by molar-refractivity contribution is 0.272. The molecule has 0 aromatic rings. The maximum atomic E-state index is 8.44. The smallest absolute Gasteiger partial charge is 0.0663 e. The average molecular weight is 132 g/mol. The predicted octanol–water partition coefficient (Wildman–Crippen LogP) is -0.720. The van der Waals surface area contributed by atoms with E-state index in [2.05, 4.69) is 0 Å². The van der Waals surface area contributed by atoms with Crippen molar-refractivity contribution < 1.29 is 15.3 Å². The maximum absolute atomic E-state index is 8.44. The topological polar surface area (TPSA) is 60.7 Å². The molecule has 3 heteroatoms. The van der Waals surface area contributed by atoms with Gasteiger partial charge in [0.2, 0.25) is 0 Å². The van der Waals surface area contributed by atoms with Crippen LogP contribution in [0.4, 0.5) is 0 Å². The lowest BCUT2D eigenvalue weighted by atomic mass is 10.2. The minimum atomic E-state index is -0.128. The van der Waals surface area contributed by atoms with Crippen molar-refractivity contribution in [2.75, 3.05) is 19.8 Å². The molecule has 3 nitrogen and oxygen atoms in total. The zero-order chi connectivity index (χ0) is 7.11. The first-order chi connectivity index (χ1) is 4.35. The van der Waals surface area contributed by atoms with Crippen LogP contribution in [0.15, 0.2) is 11.6 Å². The quantitative estimate of drug-likeness (QED) is 0.442. The summed E-state index contributed by atoms with van der Waals surface area (Å²) in [5.74, 6) is 0. The van der Waals surface area contributed by atoms with Crippen LogP contribution in [-0.2, 0) is 0 Å². The Morgan fingerprint density at radius 1 is 1.11 bits per heavy atom. The Morgan fingerprint density at radius 2 is 1.67 bits per heavy atom. The molecular weight excluding hydrogens is 120 g/mol. The molecule has 0 aliphatic heterocycles. The molecule has 0 aromatic carbocycles. The predicted molar refractivity (Wildman–Crippen MR) is 34.0 cm³/mol. The van der Waals surface area contributed by atoms with E-state index in [1.54, 1.807) is 6.08 Å². The second-order valence-electron chi connectivity index (χ2n) is 1.69. The molecule has 0 rings (SSSR count). The van der Waals surface area contributed by atoms with E-state index in [0.717, 1.165) is 0 Å². The highest BCUT2D eigenvalue weighted by Gasteiger charge is 1.89. The molecule has 0 aliphatic carbocycles. The van der Waals surface area contributed by atoms with Gasteiger partial charge in [-0.3, -0.25) is 0 Å². The van der Waals surface area contributed by atoms with Gasteiger partial charge in [-0.2, -0.15) is 0 Å². The van der Waals surface area contributed by atoms with Crippen LogP contribution in [0.25, 0.3) is 0 Å². The summed E-state index contributed by atoms with van der Waals surface area (Å²) in [5.41, 5.74) is 0.559. The van der Waals surface area contributed by atoms with Gasteiger partial charge >= 0.3 is 0 Å². The number of rotatable bonds is 4. The van der Waals surface area contributed by atoms with Gasteiger partial charge in [0, 0.05) is 6.61 Å². The highest BCUT2D eigenvalue weighted by Crippen LogP contribution is 1.92. The Morgan fingerprint density at radius 3 is 2.00 bits per heavy atom. The van der Waals surface area contributed by atoms with E-state index in [1.807, 2.05) is 0 Å². The van der Waals surface area contributed by atoms with Crippen molar-refractivity contribution in [2.45, 2.75) is 6.42 Å². The van der Waals surface area contributed by atoms with Crippen LogP contribution in [-0.4, -0.2) is 35.1 Å². The summed E-state index contributed by atoms with van der Waals surface area (Å²) in [7, 11) is 0. The van der Waals surface area contributed by atoms with Crippen molar-refractivity contribution >= 4 is 0 Å². The fourth-order valence-corrected chi connectivity index (χ4v) is 0.448. The van der Waals surface area contributed by atoms with Crippen molar-refractivity contribution in [2.24, 2.45) is 0 Å². The molecule has 0 aromatic heterocycles.